The van der Waals surface area contributed by atoms with Gasteiger partial charge in [-0.15, -0.1) is 0 Å². The van der Waals surface area contributed by atoms with E-state index in [2.05, 4.69) is 19.1 Å². The second-order valence-electron chi connectivity index (χ2n) is 4.74. The second-order valence-corrected chi connectivity index (χ2v) is 4.74. The number of carbonyl (C=O) groups is 1. The Bertz CT molecular complexity index is 350. The molecule has 0 aliphatic carbocycles. The Morgan fingerprint density at radius 1 is 1.25 bits per heavy atom. The van der Waals surface area contributed by atoms with Gasteiger partial charge in [0.25, 0.3) is 0 Å². The zero-order valence-corrected chi connectivity index (χ0v) is 10.5. The minimum atomic E-state index is -0.431. The third-order valence-electron chi connectivity index (χ3n) is 2.40. The number of ketones is 1. The quantitative estimate of drug-likeness (QED) is 0.760. The van der Waals surface area contributed by atoms with E-state index in [9.17, 15) is 4.79 Å². The summed E-state index contributed by atoms with van der Waals surface area (Å²) >= 11 is 0. The van der Waals surface area contributed by atoms with E-state index >= 15 is 0 Å². The summed E-state index contributed by atoms with van der Waals surface area (Å²) in [5.74, 6) is 0.971. The minimum Gasteiger partial charge on any atom is -0.487 e. The highest BCUT2D eigenvalue weighted by Gasteiger charge is 2.21. The van der Waals surface area contributed by atoms with Crippen molar-refractivity contribution in [3.8, 4) is 5.75 Å². The third-order valence-corrected chi connectivity index (χ3v) is 2.40. The Labute approximate surface area is 97.6 Å². The van der Waals surface area contributed by atoms with Gasteiger partial charge in [-0.3, -0.25) is 4.79 Å². The first kappa shape index (κ1) is 12.8. The largest absolute Gasteiger partial charge is 0.487 e. The lowest BCUT2D eigenvalue weighted by molar-refractivity contribution is -0.120. The van der Waals surface area contributed by atoms with E-state index in [0.717, 1.165) is 12.2 Å². The topological polar surface area (TPSA) is 26.3 Å². The van der Waals surface area contributed by atoms with Crippen molar-refractivity contribution in [1.82, 2.24) is 0 Å². The van der Waals surface area contributed by atoms with Gasteiger partial charge in [-0.05, 0) is 44.9 Å². The summed E-state index contributed by atoms with van der Waals surface area (Å²) in [6.45, 7) is 7.57. The van der Waals surface area contributed by atoms with Gasteiger partial charge >= 0.3 is 0 Å². The number of rotatable bonds is 5. The van der Waals surface area contributed by atoms with E-state index < -0.39 is 5.60 Å². The fourth-order valence-corrected chi connectivity index (χ4v) is 1.75. The van der Waals surface area contributed by atoms with E-state index in [0.29, 0.717) is 6.42 Å². The Morgan fingerprint density at radius 3 is 2.25 bits per heavy atom. The van der Waals surface area contributed by atoms with Crippen molar-refractivity contribution in [2.45, 2.75) is 46.1 Å². The van der Waals surface area contributed by atoms with Crippen molar-refractivity contribution in [2.24, 2.45) is 0 Å². The Balaban J connectivity index is 2.68. The van der Waals surface area contributed by atoms with Gasteiger partial charge in [-0.2, -0.15) is 0 Å². The maximum absolute atomic E-state index is 11.1. The molecular formula is C14H20O2. The van der Waals surface area contributed by atoms with Crippen LogP contribution in [0.3, 0.4) is 0 Å². The van der Waals surface area contributed by atoms with Crippen LogP contribution in [-0.2, 0) is 11.2 Å². The molecule has 1 aromatic rings. The fraction of sp³-hybridized carbons (Fsp3) is 0.500. The summed E-state index contributed by atoms with van der Waals surface area (Å²) in [4.78, 5) is 11.1. The molecule has 0 amide bonds. The molecule has 0 radical (unpaired) electrons. The van der Waals surface area contributed by atoms with Crippen LogP contribution in [0.1, 0.15) is 39.7 Å². The Morgan fingerprint density at radius 2 is 1.81 bits per heavy atom. The van der Waals surface area contributed by atoms with Gasteiger partial charge in [0, 0.05) is 6.42 Å². The van der Waals surface area contributed by atoms with Gasteiger partial charge in [0.1, 0.15) is 17.1 Å². The number of ether oxygens (including phenoxy) is 1. The summed E-state index contributed by atoms with van der Waals surface area (Å²) in [6.07, 6.45) is 1.46. The van der Waals surface area contributed by atoms with E-state index in [-0.39, 0.29) is 5.78 Å². The van der Waals surface area contributed by atoms with Gasteiger partial charge < -0.3 is 4.74 Å². The van der Waals surface area contributed by atoms with Crippen LogP contribution in [-0.4, -0.2) is 11.4 Å². The first-order valence-corrected chi connectivity index (χ1v) is 5.70. The zero-order valence-electron chi connectivity index (χ0n) is 10.5. The lowest BCUT2D eigenvalue weighted by Gasteiger charge is -2.25. The molecule has 0 saturated carbocycles. The van der Waals surface area contributed by atoms with Crippen molar-refractivity contribution in [3.63, 3.8) is 0 Å². The monoisotopic (exact) mass is 220 g/mol. The first-order chi connectivity index (χ1) is 7.43. The predicted molar refractivity (Wildman–Crippen MR) is 65.8 cm³/mol. The SMILES string of the molecule is CCc1ccc(OC(C)(C)CC(C)=O)cc1. The smallest absolute Gasteiger partial charge is 0.133 e. The van der Waals surface area contributed by atoms with Crippen LogP contribution in [0.4, 0.5) is 0 Å². The lowest BCUT2D eigenvalue weighted by atomic mass is 10.0. The molecule has 0 aliphatic rings. The number of benzene rings is 1. The van der Waals surface area contributed by atoms with Gasteiger partial charge in [0.05, 0.1) is 0 Å². The van der Waals surface area contributed by atoms with Crippen LogP contribution in [0, 0.1) is 0 Å². The maximum atomic E-state index is 11.1. The molecule has 16 heavy (non-hydrogen) atoms. The highest BCUT2D eigenvalue weighted by atomic mass is 16.5. The van der Waals surface area contributed by atoms with Crippen LogP contribution in [0.2, 0.25) is 0 Å². The molecule has 0 unspecified atom stereocenters. The molecule has 0 atom stereocenters. The molecule has 1 rings (SSSR count). The molecule has 0 fully saturated rings. The van der Waals surface area contributed by atoms with Crippen molar-refractivity contribution < 1.29 is 9.53 Å². The molecule has 0 saturated heterocycles. The van der Waals surface area contributed by atoms with Gasteiger partial charge in [0.2, 0.25) is 0 Å². The van der Waals surface area contributed by atoms with Crippen molar-refractivity contribution in [1.29, 1.82) is 0 Å². The van der Waals surface area contributed by atoms with E-state index in [1.807, 2.05) is 26.0 Å². The highest BCUT2D eigenvalue weighted by Crippen LogP contribution is 2.21. The third kappa shape index (κ3) is 4.05. The van der Waals surface area contributed by atoms with Crippen molar-refractivity contribution in [3.05, 3.63) is 29.8 Å². The average Bonchev–Trinajstić information content (AvgIpc) is 2.16. The van der Waals surface area contributed by atoms with Gasteiger partial charge in [0.15, 0.2) is 0 Å². The molecular weight excluding hydrogens is 200 g/mol. The standard InChI is InChI=1S/C14H20O2/c1-5-12-6-8-13(9-7-12)16-14(3,4)10-11(2)15/h6-9H,5,10H2,1-4H3. The molecule has 0 heterocycles. The first-order valence-electron chi connectivity index (χ1n) is 5.70. The van der Waals surface area contributed by atoms with Gasteiger partial charge in [-0.25, -0.2) is 0 Å². The molecule has 2 nitrogen and oxygen atoms in total. The van der Waals surface area contributed by atoms with Crippen LogP contribution < -0.4 is 4.74 Å². The number of hydrogen-bond acceptors (Lipinski definition) is 2. The molecule has 0 aromatic heterocycles. The normalized spacial score (nSPS) is 11.2. The molecule has 88 valence electrons. The minimum absolute atomic E-state index is 0.148. The molecule has 0 spiro atoms. The number of aryl methyl sites for hydroxylation is 1. The summed E-state index contributed by atoms with van der Waals surface area (Å²) in [5.41, 5.74) is 0.858. The molecule has 2 heteroatoms. The fourth-order valence-electron chi connectivity index (χ4n) is 1.75. The maximum Gasteiger partial charge on any atom is 0.133 e. The van der Waals surface area contributed by atoms with Crippen LogP contribution in [0.25, 0.3) is 0 Å². The van der Waals surface area contributed by atoms with Crippen molar-refractivity contribution >= 4 is 5.78 Å². The number of carbonyl (C=O) groups excluding carboxylic acids is 1. The summed E-state index contributed by atoms with van der Waals surface area (Å²) < 4.78 is 5.79. The Hall–Kier alpha value is -1.31. The van der Waals surface area contributed by atoms with Gasteiger partial charge in [-0.1, -0.05) is 19.1 Å². The molecule has 0 N–H and O–H groups in total. The van der Waals surface area contributed by atoms with E-state index in [4.69, 9.17) is 4.74 Å². The summed E-state index contributed by atoms with van der Waals surface area (Å²) in [7, 11) is 0. The summed E-state index contributed by atoms with van der Waals surface area (Å²) in [6, 6.07) is 8.03. The Kier molecular flexibility index (Phi) is 4.11. The zero-order chi connectivity index (χ0) is 12.2. The van der Waals surface area contributed by atoms with Crippen molar-refractivity contribution in [2.75, 3.05) is 0 Å². The number of Topliss-reactive ketones (excluding diaryl/α,β-unsaturated/α-hetero) is 1. The molecule has 1 aromatic carbocycles. The van der Waals surface area contributed by atoms with Crippen LogP contribution in [0.15, 0.2) is 24.3 Å². The van der Waals surface area contributed by atoms with E-state index in [1.54, 1.807) is 6.92 Å². The lowest BCUT2D eigenvalue weighted by Crippen LogP contribution is -2.30. The number of hydrogen-bond donors (Lipinski definition) is 0. The molecule has 0 aliphatic heterocycles. The van der Waals surface area contributed by atoms with Crippen LogP contribution >= 0.6 is 0 Å². The summed E-state index contributed by atoms with van der Waals surface area (Å²) in [5, 5.41) is 0. The highest BCUT2D eigenvalue weighted by molar-refractivity contribution is 5.76. The van der Waals surface area contributed by atoms with E-state index in [1.165, 1.54) is 5.56 Å². The molecule has 0 bridgehead atoms. The average molecular weight is 220 g/mol. The predicted octanol–water partition coefficient (Wildman–Crippen LogP) is 3.39. The second kappa shape index (κ2) is 5.15. The van der Waals surface area contributed by atoms with Crippen LogP contribution in [0.5, 0.6) is 5.75 Å².